The maximum absolute atomic E-state index is 13.1. The summed E-state index contributed by atoms with van der Waals surface area (Å²) in [4.78, 5) is 43.7. The van der Waals surface area contributed by atoms with Crippen molar-refractivity contribution in [1.82, 2.24) is 4.90 Å². The lowest BCUT2D eigenvalue weighted by atomic mass is 9.98. The van der Waals surface area contributed by atoms with Gasteiger partial charge in [-0.15, -0.1) is 0 Å². The standard InChI is InChI=1S/C29H34N4O4/c1-20-10-12-32(13-11-20)26-25(27(34)28(26)35)30-19-21-6-8-22(9-7-21)29(36)33-16-14-31(15-17-33)23-4-3-5-24(18-23)37-2/h3-9,18,20,30H,10-17,19H2,1-2H3. The molecule has 5 rings (SSSR count). The third-order valence-corrected chi connectivity index (χ3v) is 7.64. The highest BCUT2D eigenvalue weighted by molar-refractivity contribution is 5.94. The van der Waals surface area contributed by atoms with Crippen molar-refractivity contribution < 1.29 is 9.53 Å². The molecule has 2 fully saturated rings. The van der Waals surface area contributed by atoms with E-state index < -0.39 is 5.43 Å². The lowest BCUT2D eigenvalue weighted by Gasteiger charge is -2.36. The fourth-order valence-electron chi connectivity index (χ4n) is 5.19. The largest absolute Gasteiger partial charge is 0.497 e. The Morgan fingerprint density at radius 3 is 2.30 bits per heavy atom. The van der Waals surface area contributed by atoms with E-state index in [0.717, 1.165) is 56.0 Å². The van der Waals surface area contributed by atoms with E-state index in [4.69, 9.17) is 4.74 Å². The quantitative estimate of drug-likeness (QED) is 0.497. The molecule has 2 aliphatic rings. The maximum Gasteiger partial charge on any atom is 0.253 e. The number of rotatable bonds is 7. The van der Waals surface area contributed by atoms with Crippen LogP contribution >= 0.6 is 0 Å². The van der Waals surface area contributed by atoms with Crippen molar-refractivity contribution in [2.75, 3.05) is 61.5 Å². The summed E-state index contributed by atoms with van der Waals surface area (Å²) in [5.41, 5.74) is 2.84. The molecule has 0 aromatic heterocycles. The first-order valence-corrected chi connectivity index (χ1v) is 13.0. The number of amides is 1. The minimum Gasteiger partial charge on any atom is -0.497 e. The van der Waals surface area contributed by atoms with Gasteiger partial charge in [-0.05, 0) is 48.6 Å². The first-order valence-electron chi connectivity index (χ1n) is 13.0. The van der Waals surface area contributed by atoms with Crippen LogP contribution in [0, 0.1) is 5.92 Å². The van der Waals surface area contributed by atoms with Crippen molar-refractivity contribution in [2.24, 2.45) is 5.92 Å². The average Bonchev–Trinajstić information content (AvgIpc) is 2.95. The van der Waals surface area contributed by atoms with E-state index in [1.165, 1.54) is 0 Å². The minimum absolute atomic E-state index is 0.0221. The first kappa shape index (κ1) is 24.9. The Morgan fingerprint density at radius 1 is 0.919 bits per heavy atom. The Labute approximate surface area is 217 Å². The van der Waals surface area contributed by atoms with E-state index in [2.05, 4.69) is 23.2 Å². The van der Waals surface area contributed by atoms with Gasteiger partial charge < -0.3 is 24.8 Å². The lowest BCUT2D eigenvalue weighted by molar-refractivity contribution is 0.0746. The van der Waals surface area contributed by atoms with Crippen molar-refractivity contribution in [2.45, 2.75) is 26.3 Å². The van der Waals surface area contributed by atoms with Crippen molar-refractivity contribution in [3.05, 3.63) is 80.1 Å². The molecule has 3 aromatic rings. The van der Waals surface area contributed by atoms with Crippen LogP contribution in [0.15, 0.2) is 58.1 Å². The zero-order valence-electron chi connectivity index (χ0n) is 21.5. The molecule has 8 nitrogen and oxygen atoms in total. The van der Waals surface area contributed by atoms with Crippen molar-refractivity contribution in [3.8, 4) is 5.75 Å². The summed E-state index contributed by atoms with van der Waals surface area (Å²) in [6.45, 7) is 7.10. The third kappa shape index (κ3) is 5.19. The van der Waals surface area contributed by atoms with E-state index in [9.17, 15) is 14.4 Å². The summed E-state index contributed by atoms with van der Waals surface area (Å²) in [6, 6.07) is 15.5. The van der Waals surface area contributed by atoms with Gasteiger partial charge in [-0.2, -0.15) is 0 Å². The summed E-state index contributed by atoms with van der Waals surface area (Å²) in [7, 11) is 1.66. The molecule has 0 spiro atoms. The molecule has 0 saturated carbocycles. The minimum atomic E-state index is -0.437. The lowest BCUT2D eigenvalue weighted by Crippen LogP contribution is -2.48. The molecule has 1 amide bonds. The molecule has 194 valence electrons. The fourth-order valence-corrected chi connectivity index (χ4v) is 5.19. The molecular formula is C29H34N4O4. The number of ether oxygens (including phenoxy) is 1. The van der Waals surface area contributed by atoms with Crippen molar-refractivity contribution in [1.29, 1.82) is 0 Å². The molecular weight excluding hydrogens is 468 g/mol. The van der Waals surface area contributed by atoms with Crippen LogP contribution in [0.4, 0.5) is 17.1 Å². The monoisotopic (exact) mass is 502 g/mol. The predicted octanol–water partition coefficient (Wildman–Crippen LogP) is 3.10. The van der Waals surface area contributed by atoms with Crippen LogP contribution in [-0.4, -0.2) is 57.2 Å². The van der Waals surface area contributed by atoms with Gasteiger partial charge in [0.1, 0.15) is 17.1 Å². The van der Waals surface area contributed by atoms with Gasteiger partial charge in [0.05, 0.1) is 7.11 Å². The molecule has 2 heterocycles. The van der Waals surface area contributed by atoms with Gasteiger partial charge in [-0.25, -0.2) is 0 Å². The van der Waals surface area contributed by atoms with Crippen LogP contribution in [-0.2, 0) is 6.54 Å². The Hall–Kier alpha value is -3.81. The number of piperidine rings is 1. The third-order valence-electron chi connectivity index (χ3n) is 7.64. The number of piperazine rings is 1. The smallest absolute Gasteiger partial charge is 0.253 e. The topological polar surface area (TPSA) is 82.2 Å². The van der Waals surface area contributed by atoms with Gasteiger partial charge in [0.15, 0.2) is 0 Å². The number of hydrogen-bond donors (Lipinski definition) is 1. The highest BCUT2D eigenvalue weighted by Gasteiger charge is 2.28. The van der Waals surface area contributed by atoms with Crippen LogP contribution in [0.2, 0.25) is 0 Å². The summed E-state index contributed by atoms with van der Waals surface area (Å²) in [5, 5.41) is 3.17. The Balaban J connectivity index is 1.15. The number of carbonyl (C=O) groups is 1. The number of hydrogen-bond acceptors (Lipinski definition) is 7. The van der Waals surface area contributed by atoms with Crippen molar-refractivity contribution >= 4 is 23.0 Å². The molecule has 2 saturated heterocycles. The molecule has 0 atom stereocenters. The molecule has 0 bridgehead atoms. The van der Waals surface area contributed by atoms with Crippen molar-refractivity contribution in [3.63, 3.8) is 0 Å². The van der Waals surface area contributed by atoms with E-state index in [-0.39, 0.29) is 11.3 Å². The predicted molar refractivity (Wildman–Crippen MR) is 147 cm³/mol. The number of methoxy groups -OCH3 is 1. The zero-order chi connectivity index (χ0) is 25.9. The van der Waals surface area contributed by atoms with Crippen LogP contribution in [0.3, 0.4) is 0 Å². The number of carbonyl (C=O) groups excluding carboxylic acids is 1. The summed E-state index contributed by atoms with van der Waals surface area (Å²) >= 11 is 0. The molecule has 1 N–H and O–H groups in total. The van der Waals surface area contributed by atoms with Crippen LogP contribution in [0.25, 0.3) is 0 Å². The highest BCUT2D eigenvalue weighted by atomic mass is 16.5. The summed E-state index contributed by atoms with van der Waals surface area (Å²) in [6.07, 6.45) is 2.06. The number of benzene rings is 2. The normalized spacial score (nSPS) is 16.8. The first-order chi connectivity index (χ1) is 17.9. The fraction of sp³-hybridized carbons (Fsp3) is 0.414. The van der Waals surface area contributed by atoms with E-state index in [1.54, 1.807) is 7.11 Å². The molecule has 8 heteroatoms. The van der Waals surface area contributed by atoms with E-state index in [0.29, 0.717) is 42.5 Å². The molecule has 2 aliphatic heterocycles. The number of anilines is 3. The van der Waals surface area contributed by atoms with Gasteiger partial charge in [-0.3, -0.25) is 14.4 Å². The second-order valence-electron chi connectivity index (χ2n) is 10.1. The summed E-state index contributed by atoms with van der Waals surface area (Å²) < 4.78 is 5.33. The average molecular weight is 503 g/mol. The Morgan fingerprint density at radius 2 is 1.62 bits per heavy atom. The van der Waals surface area contributed by atoms with Crippen LogP contribution in [0.5, 0.6) is 5.75 Å². The van der Waals surface area contributed by atoms with Crippen LogP contribution < -0.4 is 30.7 Å². The van der Waals surface area contributed by atoms with Gasteiger partial charge >= 0.3 is 0 Å². The van der Waals surface area contributed by atoms with E-state index in [1.807, 2.05) is 52.3 Å². The molecule has 37 heavy (non-hydrogen) atoms. The molecule has 0 aliphatic carbocycles. The van der Waals surface area contributed by atoms with Gasteiger partial charge in [-0.1, -0.05) is 25.1 Å². The second kappa shape index (κ2) is 10.7. The van der Waals surface area contributed by atoms with Gasteiger partial charge in [0.2, 0.25) is 0 Å². The Bertz CT molecular complexity index is 1310. The SMILES string of the molecule is COc1cccc(N2CCN(C(=O)c3ccc(CNc4c(N5CCC(C)CC5)c(=O)c4=O)cc3)CC2)c1. The molecule has 3 aromatic carbocycles. The zero-order valence-corrected chi connectivity index (χ0v) is 21.5. The maximum atomic E-state index is 13.1. The Kier molecular flexibility index (Phi) is 7.17. The van der Waals surface area contributed by atoms with Gasteiger partial charge in [0, 0.05) is 63.1 Å². The molecule has 0 radical (unpaired) electrons. The number of nitrogens with zero attached hydrogens (tertiary/aromatic N) is 3. The van der Waals surface area contributed by atoms with Crippen LogP contribution in [0.1, 0.15) is 35.7 Å². The second-order valence-corrected chi connectivity index (χ2v) is 10.1. The van der Waals surface area contributed by atoms with Gasteiger partial charge in [0.25, 0.3) is 16.8 Å². The van der Waals surface area contributed by atoms with E-state index >= 15 is 0 Å². The highest BCUT2D eigenvalue weighted by Crippen LogP contribution is 2.27. The molecule has 0 unspecified atom stereocenters. The number of nitrogens with one attached hydrogen (secondary N) is 1. The summed E-state index contributed by atoms with van der Waals surface area (Å²) in [5.74, 6) is 1.50.